The van der Waals surface area contributed by atoms with Crippen LogP contribution in [0, 0.1) is 0 Å². The number of amides is 1. The number of aryl methyl sites for hydroxylation is 2. The number of nitrogens with zero attached hydrogens (tertiary/aromatic N) is 4. The second-order valence-electron chi connectivity index (χ2n) is 7.44. The standard InChI is InChI=1S/C22H23N5O3S2/c1-4-5-8-13-11-23-19-17(20(29)27(3)22(30)26(19)2)18(13)31-12-16(28)25-21-24-14-9-6-7-10-15(14)32-21/h6-7,9-11H,4-5,8,12H2,1-3H3,(H,24,25,28). The number of carbonyl (C=O) groups is 1. The molecule has 0 bridgehead atoms. The maximum atomic E-state index is 13.0. The molecule has 0 saturated carbocycles. The quantitative estimate of drug-likeness (QED) is 0.417. The Morgan fingerprint density at radius 1 is 1.19 bits per heavy atom. The lowest BCUT2D eigenvalue weighted by molar-refractivity contribution is -0.113. The maximum Gasteiger partial charge on any atom is 0.332 e. The van der Waals surface area contributed by atoms with Gasteiger partial charge in [-0.05, 0) is 30.5 Å². The number of nitrogens with one attached hydrogen (secondary N) is 1. The lowest BCUT2D eigenvalue weighted by Crippen LogP contribution is -2.37. The van der Waals surface area contributed by atoms with Crippen LogP contribution < -0.4 is 16.6 Å². The number of rotatable bonds is 7. The van der Waals surface area contributed by atoms with E-state index in [-0.39, 0.29) is 11.7 Å². The van der Waals surface area contributed by atoms with Crippen LogP contribution in [0.5, 0.6) is 0 Å². The molecule has 4 aromatic rings. The highest BCUT2D eigenvalue weighted by atomic mass is 32.2. The van der Waals surface area contributed by atoms with Crippen molar-refractivity contribution in [3.05, 3.63) is 56.9 Å². The number of thioether (sulfide) groups is 1. The van der Waals surface area contributed by atoms with E-state index in [2.05, 4.69) is 22.2 Å². The monoisotopic (exact) mass is 469 g/mol. The summed E-state index contributed by atoms with van der Waals surface area (Å²) in [6, 6.07) is 7.70. The van der Waals surface area contributed by atoms with E-state index in [0.717, 1.165) is 39.6 Å². The van der Waals surface area contributed by atoms with Crippen LogP contribution in [0.1, 0.15) is 25.3 Å². The molecule has 0 aliphatic carbocycles. The highest BCUT2D eigenvalue weighted by Gasteiger charge is 2.19. The molecule has 8 nitrogen and oxygen atoms in total. The van der Waals surface area contributed by atoms with E-state index >= 15 is 0 Å². The molecule has 0 saturated heterocycles. The van der Waals surface area contributed by atoms with Crippen LogP contribution in [-0.2, 0) is 25.3 Å². The molecule has 0 fully saturated rings. The Hall–Kier alpha value is -2.98. The summed E-state index contributed by atoms with van der Waals surface area (Å²) in [6.07, 6.45) is 4.38. The summed E-state index contributed by atoms with van der Waals surface area (Å²) in [7, 11) is 3.05. The van der Waals surface area contributed by atoms with E-state index in [4.69, 9.17) is 0 Å². The average Bonchev–Trinajstić information content (AvgIpc) is 3.20. The molecule has 0 atom stereocenters. The summed E-state index contributed by atoms with van der Waals surface area (Å²) in [6.45, 7) is 2.09. The van der Waals surface area contributed by atoms with Crippen LogP contribution in [0.25, 0.3) is 21.3 Å². The van der Waals surface area contributed by atoms with Crippen LogP contribution in [-0.4, -0.2) is 30.8 Å². The van der Waals surface area contributed by atoms with Gasteiger partial charge >= 0.3 is 5.69 Å². The molecule has 4 rings (SSSR count). The van der Waals surface area contributed by atoms with E-state index < -0.39 is 11.2 Å². The van der Waals surface area contributed by atoms with Crippen LogP contribution in [0.4, 0.5) is 5.13 Å². The van der Waals surface area contributed by atoms with Crippen LogP contribution >= 0.6 is 23.1 Å². The van der Waals surface area contributed by atoms with Gasteiger partial charge in [0.1, 0.15) is 5.65 Å². The first-order valence-corrected chi connectivity index (χ1v) is 12.1. The molecule has 1 aromatic carbocycles. The van der Waals surface area contributed by atoms with Crippen molar-refractivity contribution < 1.29 is 4.79 Å². The largest absolute Gasteiger partial charge is 0.332 e. The molecule has 0 spiro atoms. The van der Waals surface area contributed by atoms with Gasteiger partial charge in [-0.1, -0.05) is 36.8 Å². The Labute approximate surface area is 192 Å². The molecule has 10 heteroatoms. The molecule has 0 radical (unpaired) electrons. The summed E-state index contributed by atoms with van der Waals surface area (Å²) >= 11 is 2.71. The predicted molar refractivity (Wildman–Crippen MR) is 130 cm³/mol. The summed E-state index contributed by atoms with van der Waals surface area (Å²) < 4.78 is 3.45. The minimum absolute atomic E-state index is 0.111. The number of carbonyl (C=O) groups excluding carboxylic acids is 1. The molecule has 32 heavy (non-hydrogen) atoms. The normalized spacial score (nSPS) is 11.3. The van der Waals surface area contributed by atoms with Crippen molar-refractivity contribution >= 4 is 55.4 Å². The zero-order valence-corrected chi connectivity index (χ0v) is 19.7. The Morgan fingerprint density at radius 3 is 2.72 bits per heavy atom. The van der Waals surface area contributed by atoms with Gasteiger partial charge < -0.3 is 5.32 Å². The van der Waals surface area contributed by atoms with Gasteiger partial charge in [-0.2, -0.15) is 0 Å². The number of pyridine rings is 1. The third-order valence-corrected chi connectivity index (χ3v) is 7.30. The van der Waals surface area contributed by atoms with Gasteiger partial charge in [-0.15, -0.1) is 11.8 Å². The van der Waals surface area contributed by atoms with E-state index in [9.17, 15) is 14.4 Å². The third kappa shape index (κ3) is 4.20. The number of para-hydroxylation sites is 1. The first kappa shape index (κ1) is 22.2. The zero-order chi connectivity index (χ0) is 22.8. The predicted octanol–water partition coefficient (Wildman–Crippen LogP) is 3.32. The van der Waals surface area contributed by atoms with Gasteiger partial charge in [-0.25, -0.2) is 14.8 Å². The molecule has 0 aliphatic rings. The first-order chi connectivity index (χ1) is 15.4. The fraction of sp³-hybridized carbons (Fsp3) is 0.318. The molecule has 3 aromatic heterocycles. The van der Waals surface area contributed by atoms with Gasteiger partial charge in [0.05, 0.1) is 21.4 Å². The van der Waals surface area contributed by atoms with Gasteiger partial charge in [0.2, 0.25) is 5.91 Å². The number of aromatic nitrogens is 4. The van der Waals surface area contributed by atoms with Crippen molar-refractivity contribution in [3.63, 3.8) is 0 Å². The smallest absolute Gasteiger partial charge is 0.301 e. The SMILES string of the molecule is CCCCc1cnc2c(c1SCC(=O)Nc1nc3ccccc3s1)c(=O)n(C)c(=O)n2C. The lowest BCUT2D eigenvalue weighted by Gasteiger charge is -2.14. The van der Waals surface area contributed by atoms with Crippen molar-refractivity contribution in [3.8, 4) is 0 Å². The topological polar surface area (TPSA) is 98.9 Å². The first-order valence-electron chi connectivity index (χ1n) is 10.3. The number of unbranched alkanes of at least 4 members (excludes halogenated alkanes) is 1. The fourth-order valence-corrected chi connectivity index (χ4v) is 5.36. The molecular formula is C22H23N5O3S2. The second kappa shape index (κ2) is 9.25. The van der Waals surface area contributed by atoms with Crippen molar-refractivity contribution in [1.29, 1.82) is 0 Å². The lowest BCUT2D eigenvalue weighted by atomic mass is 10.1. The van der Waals surface area contributed by atoms with Gasteiger partial charge in [0.25, 0.3) is 5.56 Å². The van der Waals surface area contributed by atoms with Crippen LogP contribution in [0.15, 0.2) is 44.9 Å². The van der Waals surface area contributed by atoms with E-state index in [1.54, 1.807) is 13.2 Å². The summed E-state index contributed by atoms with van der Waals surface area (Å²) in [4.78, 5) is 47.5. The molecule has 3 heterocycles. The number of benzene rings is 1. The molecule has 166 valence electrons. The molecule has 1 amide bonds. The van der Waals surface area contributed by atoms with Crippen molar-refractivity contribution in [1.82, 2.24) is 19.1 Å². The zero-order valence-electron chi connectivity index (χ0n) is 18.0. The van der Waals surface area contributed by atoms with Gasteiger partial charge in [0.15, 0.2) is 5.13 Å². The maximum absolute atomic E-state index is 13.0. The summed E-state index contributed by atoms with van der Waals surface area (Å²) in [5.41, 5.74) is 1.25. The van der Waals surface area contributed by atoms with Crippen molar-refractivity contribution in [2.75, 3.05) is 11.1 Å². The van der Waals surface area contributed by atoms with Gasteiger partial charge in [0, 0.05) is 25.2 Å². The number of hydrogen-bond acceptors (Lipinski definition) is 7. The Morgan fingerprint density at radius 2 is 1.97 bits per heavy atom. The third-order valence-electron chi connectivity index (χ3n) is 5.18. The van der Waals surface area contributed by atoms with Gasteiger partial charge in [-0.3, -0.25) is 18.7 Å². The fourth-order valence-electron chi connectivity index (χ4n) is 3.47. The van der Waals surface area contributed by atoms with E-state index in [1.807, 2.05) is 24.3 Å². The number of anilines is 1. The van der Waals surface area contributed by atoms with Crippen molar-refractivity contribution in [2.24, 2.45) is 14.1 Å². The molecule has 1 N–H and O–H groups in total. The summed E-state index contributed by atoms with van der Waals surface area (Å²) in [5, 5.41) is 3.77. The number of hydrogen-bond donors (Lipinski definition) is 1. The van der Waals surface area contributed by atoms with E-state index in [1.165, 1.54) is 34.7 Å². The van der Waals surface area contributed by atoms with Crippen molar-refractivity contribution in [2.45, 2.75) is 31.1 Å². The highest BCUT2D eigenvalue weighted by Crippen LogP contribution is 2.30. The summed E-state index contributed by atoms with van der Waals surface area (Å²) in [5.74, 6) is -0.0951. The average molecular weight is 470 g/mol. The molecule has 0 aliphatic heterocycles. The highest BCUT2D eigenvalue weighted by molar-refractivity contribution is 8.00. The minimum Gasteiger partial charge on any atom is -0.301 e. The van der Waals surface area contributed by atoms with E-state index in [0.29, 0.717) is 21.1 Å². The Kier molecular flexibility index (Phi) is 6.43. The second-order valence-corrected chi connectivity index (χ2v) is 9.46. The number of thiazole rings is 1. The molecular weight excluding hydrogens is 446 g/mol. The van der Waals surface area contributed by atoms with Crippen LogP contribution in [0.3, 0.4) is 0 Å². The number of fused-ring (bicyclic) bond motifs is 2. The Balaban J connectivity index is 1.66. The minimum atomic E-state index is -0.430. The molecule has 0 unspecified atom stereocenters. The van der Waals surface area contributed by atoms with Crippen LogP contribution in [0.2, 0.25) is 0 Å². The Bertz CT molecular complexity index is 1400.